The summed E-state index contributed by atoms with van der Waals surface area (Å²) in [5.41, 5.74) is 6.39. The van der Waals surface area contributed by atoms with Crippen LogP contribution in [0.1, 0.15) is 26.2 Å². The first-order chi connectivity index (χ1) is 7.50. The third-order valence-corrected chi connectivity index (χ3v) is 1.33. The zero-order valence-corrected chi connectivity index (χ0v) is 6.39. The van der Waals surface area contributed by atoms with Gasteiger partial charge in [0.15, 0.2) is 0 Å². The summed E-state index contributed by atoms with van der Waals surface area (Å²) in [5, 5.41) is 0. The van der Waals surface area contributed by atoms with E-state index in [1.165, 1.54) is 12.1 Å². The van der Waals surface area contributed by atoms with Crippen LogP contribution < -0.4 is 5.73 Å². The molecule has 0 heterocycles. The molecule has 0 saturated carbocycles. The first-order valence-corrected chi connectivity index (χ1v) is 3.36. The Morgan fingerprint density at radius 1 is 1.64 bits per heavy atom. The number of aryl methyl sites for hydroxylation is 1. The summed E-state index contributed by atoms with van der Waals surface area (Å²) >= 11 is 0. The minimum absolute atomic E-state index is 0.0942. The maximum atomic E-state index is 7.79. The van der Waals surface area contributed by atoms with Crippen LogP contribution in [0.3, 0.4) is 0 Å². The van der Waals surface area contributed by atoms with Gasteiger partial charge in [0, 0.05) is 14.2 Å². The van der Waals surface area contributed by atoms with Crippen molar-refractivity contribution in [1.29, 1.82) is 0 Å². The zero-order valence-electron chi connectivity index (χ0n) is 12.4. The standard InChI is InChI=1S/C10H15N/c1-8-3-5-10(6-4-8)7-9(2)11/h3-6,9H,7,11H2,1-2H3/i2D3,7D2,9D. The highest BCUT2D eigenvalue weighted by Crippen LogP contribution is 2.04. The molecule has 1 nitrogen and oxygen atoms in total. The molecular weight excluding hydrogens is 134 g/mol. The molecule has 0 aliphatic carbocycles. The average molecular weight is 155 g/mol. The Morgan fingerprint density at radius 2 is 2.27 bits per heavy atom. The van der Waals surface area contributed by atoms with Crippen LogP contribution in [0, 0.1) is 6.92 Å². The van der Waals surface area contributed by atoms with E-state index < -0.39 is 19.2 Å². The molecule has 0 bridgehead atoms. The van der Waals surface area contributed by atoms with Crippen LogP contribution >= 0.6 is 0 Å². The van der Waals surface area contributed by atoms with Crippen LogP contribution in [0.15, 0.2) is 24.3 Å². The van der Waals surface area contributed by atoms with Crippen LogP contribution in [0.4, 0.5) is 0 Å². The van der Waals surface area contributed by atoms with Crippen molar-refractivity contribution in [2.45, 2.75) is 26.2 Å². The minimum atomic E-state index is -2.90. The third-order valence-electron chi connectivity index (χ3n) is 1.33. The molecule has 60 valence electrons. The first kappa shape index (κ1) is 3.28. The number of rotatable bonds is 2. The van der Waals surface area contributed by atoms with Crippen molar-refractivity contribution in [2.75, 3.05) is 0 Å². The van der Waals surface area contributed by atoms with Gasteiger partial charge in [-0.25, -0.2) is 0 Å². The van der Waals surface area contributed by atoms with Crippen LogP contribution in [-0.4, -0.2) is 6.02 Å². The quantitative estimate of drug-likeness (QED) is 0.693. The van der Waals surface area contributed by atoms with E-state index in [0.29, 0.717) is 0 Å². The van der Waals surface area contributed by atoms with E-state index >= 15 is 0 Å². The second-order valence-electron chi connectivity index (χ2n) is 2.40. The van der Waals surface area contributed by atoms with Crippen LogP contribution in [0.2, 0.25) is 0 Å². The summed E-state index contributed by atoms with van der Waals surface area (Å²) in [6.07, 6.45) is -2.45. The molecule has 11 heavy (non-hydrogen) atoms. The van der Waals surface area contributed by atoms with Gasteiger partial charge >= 0.3 is 0 Å². The summed E-state index contributed by atoms with van der Waals surface area (Å²) in [7, 11) is 0. The van der Waals surface area contributed by atoms with E-state index in [9.17, 15) is 0 Å². The van der Waals surface area contributed by atoms with Gasteiger partial charge in [0.05, 0.1) is 0 Å². The van der Waals surface area contributed by atoms with Crippen molar-refractivity contribution in [3.8, 4) is 0 Å². The highest BCUT2D eigenvalue weighted by atomic mass is 14.6. The SMILES string of the molecule is [2H]C([2H])([2H])C([2H])(N)C([2H])([2H])c1ccc(C)cc1. The van der Waals surface area contributed by atoms with Gasteiger partial charge in [0.25, 0.3) is 0 Å². The van der Waals surface area contributed by atoms with Gasteiger partial charge in [-0.2, -0.15) is 0 Å². The van der Waals surface area contributed by atoms with Crippen molar-refractivity contribution in [3.05, 3.63) is 35.4 Å². The average Bonchev–Trinajstić information content (AvgIpc) is 2.16. The fourth-order valence-corrected chi connectivity index (χ4v) is 0.792. The van der Waals surface area contributed by atoms with E-state index in [1.54, 1.807) is 12.1 Å². The maximum Gasteiger partial charge on any atom is 0.0463 e. The van der Waals surface area contributed by atoms with Gasteiger partial charge in [-0.3, -0.25) is 0 Å². The molecule has 2 N–H and O–H groups in total. The molecule has 0 aromatic heterocycles. The van der Waals surface area contributed by atoms with E-state index in [0.717, 1.165) is 5.56 Å². The monoisotopic (exact) mass is 155 g/mol. The normalized spacial score (nSPS) is 26.4. The fourth-order valence-electron chi connectivity index (χ4n) is 0.792. The summed E-state index contributed by atoms with van der Waals surface area (Å²) < 4.78 is 44.7. The lowest BCUT2D eigenvalue weighted by atomic mass is 10.1. The minimum Gasteiger partial charge on any atom is -0.328 e. The van der Waals surface area contributed by atoms with Crippen LogP contribution in [0.5, 0.6) is 0 Å². The van der Waals surface area contributed by atoms with Crippen LogP contribution in [-0.2, 0) is 6.37 Å². The molecule has 0 spiro atoms. The largest absolute Gasteiger partial charge is 0.328 e. The Bertz CT molecular complexity index is 392. The lowest BCUT2D eigenvalue weighted by molar-refractivity contribution is 0.738. The van der Waals surface area contributed by atoms with E-state index in [4.69, 9.17) is 14.0 Å². The molecule has 1 rings (SSSR count). The van der Waals surface area contributed by atoms with Crippen molar-refractivity contribution in [3.63, 3.8) is 0 Å². The molecular formula is C10H15N. The van der Waals surface area contributed by atoms with Crippen LogP contribution in [0.25, 0.3) is 0 Å². The lowest BCUT2D eigenvalue weighted by Gasteiger charge is -2.04. The Hall–Kier alpha value is -0.820. The summed E-state index contributed by atoms with van der Waals surface area (Å²) in [6.45, 7) is -1.07. The molecule has 0 aliphatic rings. The first-order valence-electron chi connectivity index (χ1n) is 6.36. The van der Waals surface area contributed by atoms with Crippen molar-refractivity contribution in [1.82, 2.24) is 0 Å². The van der Waals surface area contributed by atoms with Crippen molar-refractivity contribution >= 4 is 0 Å². The van der Waals surface area contributed by atoms with Crippen molar-refractivity contribution in [2.24, 2.45) is 5.73 Å². The summed E-state index contributed by atoms with van der Waals surface area (Å²) in [6, 6.07) is 3.54. The number of hydrogen-bond donors (Lipinski definition) is 1. The number of nitrogens with two attached hydrogens (primary N) is 1. The Labute approximate surface area is 76.7 Å². The molecule has 1 unspecified atom stereocenters. The highest BCUT2D eigenvalue weighted by molar-refractivity contribution is 5.21. The summed E-state index contributed by atoms with van der Waals surface area (Å²) in [4.78, 5) is 0. The van der Waals surface area contributed by atoms with Gasteiger partial charge < -0.3 is 5.73 Å². The Morgan fingerprint density at radius 3 is 2.82 bits per heavy atom. The van der Waals surface area contributed by atoms with Gasteiger partial charge in [-0.05, 0) is 25.7 Å². The van der Waals surface area contributed by atoms with E-state index in [-0.39, 0.29) is 5.56 Å². The molecule has 0 aliphatic heterocycles. The molecule has 1 heteroatoms. The molecule has 1 aromatic carbocycles. The van der Waals surface area contributed by atoms with Crippen molar-refractivity contribution < 1.29 is 8.22 Å². The predicted octanol–water partition coefficient (Wildman–Crippen LogP) is 1.88. The molecule has 0 amide bonds. The third kappa shape index (κ3) is 2.72. The highest BCUT2D eigenvalue weighted by Gasteiger charge is 1.95. The van der Waals surface area contributed by atoms with Gasteiger partial charge in [-0.15, -0.1) is 0 Å². The van der Waals surface area contributed by atoms with E-state index in [2.05, 4.69) is 0 Å². The molecule has 0 radical (unpaired) electrons. The predicted molar refractivity (Wildman–Crippen MR) is 48.5 cm³/mol. The lowest BCUT2D eigenvalue weighted by Crippen LogP contribution is -2.17. The number of hydrogen-bond acceptors (Lipinski definition) is 1. The Balaban J connectivity index is 3.23. The van der Waals surface area contributed by atoms with Gasteiger partial charge in [0.1, 0.15) is 0 Å². The zero-order chi connectivity index (χ0) is 13.5. The fraction of sp³-hybridized carbons (Fsp3) is 0.400. The Kier molecular flexibility index (Phi) is 1.05. The second-order valence-corrected chi connectivity index (χ2v) is 2.40. The topological polar surface area (TPSA) is 26.0 Å². The molecule has 1 atom stereocenters. The smallest absolute Gasteiger partial charge is 0.0463 e. The molecule has 0 fully saturated rings. The van der Waals surface area contributed by atoms with Gasteiger partial charge in [0.2, 0.25) is 0 Å². The maximum absolute atomic E-state index is 7.79. The number of benzene rings is 1. The van der Waals surface area contributed by atoms with Gasteiger partial charge in [-0.1, -0.05) is 29.8 Å². The van der Waals surface area contributed by atoms with E-state index in [1.807, 2.05) is 6.92 Å². The summed E-state index contributed by atoms with van der Waals surface area (Å²) in [5.74, 6) is 0. The molecule has 0 saturated heterocycles. The second kappa shape index (κ2) is 3.54. The molecule has 1 aromatic rings.